The second kappa shape index (κ2) is 41.6. The Morgan fingerprint density at radius 2 is 1.60 bits per heavy atom. The monoisotopic (exact) mass is 758 g/mol. The number of hydrogen-bond acceptors (Lipinski definition) is 7. The van der Waals surface area contributed by atoms with Crippen molar-refractivity contribution in [2.75, 3.05) is 43.6 Å². The summed E-state index contributed by atoms with van der Waals surface area (Å²) in [6.45, 7) is 36.1. The molecule has 10 heteroatoms. The minimum absolute atomic E-state index is 0. The third-order valence-electron chi connectivity index (χ3n) is 7.26. The number of aliphatic imine (C=N–C) groups is 2. The summed E-state index contributed by atoms with van der Waals surface area (Å²) in [6.07, 6.45) is 13.6. The van der Waals surface area contributed by atoms with Crippen LogP contribution in [0, 0.1) is 11.3 Å². The maximum atomic E-state index is 7.49. The molecule has 0 aliphatic carbocycles. The third-order valence-corrected chi connectivity index (χ3v) is 7.26. The lowest BCUT2D eigenvalue weighted by molar-refractivity contribution is 0.0241. The molecule has 9 nitrogen and oxygen atoms in total. The molecule has 0 unspecified atom stereocenters. The molecule has 52 heavy (non-hydrogen) atoms. The summed E-state index contributed by atoms with van der Waals surface area (Å²) in [7, 11) is 2.00. The fraction of sp³-hybridized carbons (Fsp3) is 0.786. The number of hydrogen-bond donors (Lipinski definition) is 4. The Hall–Kier alpha value is -2.14. The fourth-order valence-corrected chi connectivity index (χ4v) is 4.69. The van der Waals surface area contributed by atoms with E-state index in [1.807, 2.05) is 53.8 Å². The molecule has 6 N–H and O–H groups in total. The van der Waals surface area contributed by atoms with Gasteiger partial charge in [0.25, 0.3) is 0 Å². The first-order chi connectivity index (χ1) is 24.8. The number of nitrogen functional groups attached to an aromatic ring is 1. The summed E-state index contributed by atoms with van der Waals surface area (Å²) in [5.74, 6) is 2.85. The second-order valence-corrected chi connectivity index (χ2v) is 13.1. The standard InChI is InChI=1S/C24H40N6O.C6H15N.C4H10.C3H8.2C2H6.CH4OS.H2/c1-8-18-22(29-23(26)27-14-13-16(3)4)30(21-12-10-11-20(25)28-21)19(9-2)24(18,7)15-31-17(5)6;1-3-4-5-6-7-2;1-3-4-2;1-3-2;2*1-2;1-3-2;/h8,10-12,16-17,19H,9,13-15H2,1-7H3,(H2,25,28)(H2,26,27);7H,3-6H2,1-2H3;3-4H2,1-2H3;3H2,1-2H3;2*1-2H3;2H,1H3;1H/b18-8+,29-22+;;;;;;;/t19-,24-;;;;;;;/m0......./s1. The maximum Gasteiger partial charge on any atom is 0.217 e. The Bertz CT molecular complexity index is 986. The number of amidine groups is 1. The van der Waals surface area contributed by atoms with Gasteiger partial charge in [0, 0.05) is 31.3 Å². The summed E-state index contributed by atoms with van der Waals surface area (Å²) in [6, 6.07) is 5.76. The van der Waals surface area contributed by atoms with Crippen LogP contribution < -0.4 is 21.7 Å². The molecular weight excluding hydrogens is 667 g/mol. The van der Waals surface area contributed by atoms with Gasteiger partial charge in [-0.25, -0.2) is 4.98 Å². The molecule has 312 valence electrons. The van der Waals surface area contributed by atoms with Gasteiger partial charge >= 0.3 is 0 Å². The zero-order valence-corrected chi connectivity index (χ0v) is 38.3. The van der Waals surface area contributed by atoms with Crippen LogP contribution in [0.5, 0.6) is 0 Å². The number of pyridine rings is 1. The maximum absolute atomic E-state index is 7.49. The number of guanidine groups is 1. The van der Waals surface area contributed by atoms with Crippen molar-refractivity contribution in [3.05, 3.63) is 29.8 Å². The number of ether oxygens (including phenoxy) is 1. The molecular formula is C42H91N7O2S. The average Bonchev–Trinajstić information content (AvgIpc) is 3.36. The minimum atomic E-state index is -0.281. The van der Waals surface area contributed by atoms with Crippen molar-refractivity contribution in [1.29, 1.82) is 0 Å². The van der Waals surface area contributed by atoms with Crippen LogP contribution >= 0.6 is 12.0 Å². The van der Waals surface area contributed by atoms with Gasteiger partial charge in [0.05, 0.1) is 12.7 Å². The van der Waals surface area contributed by atoms with Gasteiger partial charge in [-0.15, -0.1) is 0 Å². The highest BCUT2D eigenvalue weighted by Crippen LogP contribution is 2.46. The first-order valence-corrected chi connectivity index (χ1v) is 21.5. The van der Waals surface area contributed by atoms with Gasteiger partial charge in [-0.3, -0.25) is 4.99 Å². The van der Waals surface area contributed by atoms with Crippen LogP contribution in [0.3, 0.4) is 0 Å². The number of allylic oxidation sites excluding steroid dienone is 1. The number of nitrogens with zero attached hydrogens (tertiary/aromatic N) is 4. The second-order valence-electron chi connectivity index (χ2n) is 12.8. The number of nitrogens with one attached hydrogen (secondary N) is 1. The molecule has 1 aromatic rings. The predicted molar refractivity (Wildman–Crippen MR) is 242 cm³/mol. The van der Waals surface area contributed by atoms with E-state index in [1.54, 1.807) is 12.3 Å². The van der Waals surface area contributed by atoms with Crippen LogP contribution in [0.2, 0.25) is 0 Å². The van der Waals surface area contributed by atoms with E-state index < -0.39 is 0 Å². The summed E-state index contributed by atoms with van der Waals surface area (Å²) in [4.78, 5) is 16.0. The van der Waals surface area contributed by atoms with E-state index in [9.17, 15) is 0 Å². The Morgan fingerprint density at radius 1 is 1.06 bits per heavy atom. The number of aromatic nitrogens is 1. The Labute approximate surface area is 330 Å². The van der Waals surface area contributed by atoms with E-state index in [1.165, 1.54) is 45.1 Å². The van der Waals surface area contributed by atoms with Crippen LogP contribution in [0.4, 0.5) is 11.6 Å². The van der Waals surface area contributed by atoms with Crippen LogP contribution in [-0.2, 0) is 4.74 Å². The number of nitrogens with two attached hydrogens (primary N) is 2. The fourth-order valence-electron chi connectivity index (χ4n) is 4.69. The van der Waals surface area contributed by atoms with Gasteiger partial charge < -0.3 is 31.0 Å². The molecule has 1 aromatic heterocycles. The van der Waals surface area contributed by atoms with E-state index in [4.69, 9.17) is 25.7 Å². The zero-order chi connectivity index (χ0) is 41.5. The summed E-state index contributed by atoms with van der Waals surface area (Å²) in [5, 5.41) is 3.10. The van der Waals surface area contributed by atoms with Gasteiger partial charge in [-0.2, -0.15) is 4.99 Å². The molecule has 2 atom stereocenters. The number of unbranched alkanes of at least 4 members (excludes halogenated alkanes) is 3. The van der Waals surface area contributed by atoms with Gasteiger partial charge in [-0.05, 0) is 83.7 Å². The Balaban J connectivity index is -0.000000207. The van der Waals surface area contributed by atoms with Gasteiger partial charge in [-0.1, -0.05) is 134 Å². The molecule has 1 aliphatic rings. The van der Waals surface area contributed by atoms with E-state index in [2.05, 4.69) is 102 Å². The summed E-state index contributed by atoms with van der Waals surface area (Å²) >= 11 is 0.750. The van der Waals surface area contributed by atoms with Crippen molar-refractivity contribution in [1.82, 2.24) is 10.3 Å². The van der Waals surface area contributed by atoms with Crippen molar-refractivity contribution in [3.63, 3.8) is 0 Å². The highest BCUT2D eigenvalue weighted by molar-refractivity contribution is 7.93. The van der Waals surface area contributed by atoms with Gasteiger partial charge in [0.15, 0.2) is 0 Å². The van der Waals surface area contributed by atoms with E-state index in [0.717, 1.165) is 42.1 Å². The normalized spacial score (nSPS) is 17.6. The summed E-state index contributed by atoms with van der Waals surface area (Å²) in [5.41, 5.74) is 13.1. The smallest absolute Gasteiger partial charge is 0.217 e. The quantitative estimate of drug-likeness (QED) is 0.0676. The zero-order valence-electron chi connectivity index (χ0n) is 37.5. The molecule has 2 heterocycles. The lowest BCUT2D eigenvalue weighted by Crippen LogP contribution is -2.42. The van der Waals surface area contributed by atoms with E-state index >= 15 is 0 Å². The van der Waals surface area contributed by atoms with Gasteiger partial charge in [0.2, 0.25) is 5.96 Å². The van der Waals surface area contributed by atoms with E-state index in [0.29, 0.717) is 24.9 Å². The lowest BCUT2D eigenvalue weighted by Gasteiger charge is -2.35. The molecule has 0 spiro atoms. The van der Waals surface area contributed by atoms with Crippen molar-refractivity contribution < 1.29 is 10.7 Å². The SMILES string of the molecule is C/C=C1\C(=N/C(N)=NCCC(C)C)N(c2cccc(N)n2)[C@@H](CC)[C@@]1(C)COC(C)C.CC.CC.CCC.CCCC.CCCCCNC.CSO.[HH]. The molecule has 0 saturated carbocycles. The molecule has 0 bridgehead atoms. The average molecular weight is 758 g/mol. The van der Waals surface area contributed by atoms with Crippen molar-refractivity contribution in [2.24, 2.45) is 27.1 Å². The number of rotatable bonds is 13. The first kappa shape index (κ1) is 59.1. The topological polar surface area (TPSA) is 134 Å². The van der Waals surface area contributed by atoms with Crippen LogP contribution in [0.25, 0.3) is 0 Å². The largest absolute Gasteiger partial charge is 0.384 e. The number of anilines is 2. The lowest BCUT2D eigenvalue weighted by atomic mass is 9.78. The van der Waals surface area contributed by atoms with Crippen LogP contribution in [-0.4, -0.2) is 66.5 Å². The van der Waals surface area contributed by atoms with Gasteiger partial charge in [0.1, 0.15) is 17.5 Å². The minimum Gasteiger partial charge on any atom is -0.384 e. The van der Waals surface area contributed by atoms with Crippen LogP contribution in [0.15, 0.2) is 39.8 Å². The summed E-state index contributed by atoms with van der Waals surface area (Å²) < 4.78 is 13.6. The first-order valence-electron chi connectivity index (χ1n) is 20.3. The molecule has 1 fully saturated rings. The molecule has 2 rings (SSSR count). The predicted octanol–water partition coefficient (Wildman–Crippen LogP) is 12.1. The third kappa shape index (κ3) is 28.4. The molecule has 1 saturated heterocycles. The van der Waals surface area contributed by atoms with Crippen molar-refractivity contribution >= 4 is 35.5 Å². The molecule has 0 aromatic carbocycles. The highest BCUT2D eigenvalue weighted by Gasteiger charge is 2.51. The molecule has 1 aliphatic heterocycles. The highest BCUT2D eigenvalue weighted by atomic mass is 32.2. The van der Waals surface area contributed by atoms with E-state index in [-0.39, 0.29) is 24.9 Å². The Morgan fingerprint density at radius 3 is 1.98 bits per heavy atom. The Kier molecular flexibility index (Phi) is 47.3. The van der Waals surface area contributed by atoms with Crippen molar-refractivity contribution in [3.8, 4) is 0 Å². The van der Waals surface area contributed by atoms with Crippen molar-refractivity contribution in [2.45, 2.75) is 174 Å². The van der Waals surface area contributed by atoms with Crippen LogP contribution in [0.1, 0.15) is 164 Å². The molecule has 0 amide bonds. The molecule has 0 radical (unpaired) electrons.